The van der Waals surface area contributed by atoms with Gasteiger partial charge in [0.25, 0.3) is 5.56 Å². The summed E-state index contributed by atoms with van der Waals surface area (Å²) in [6.45, 7) is 3.58. The lowest BCUT2D eigenvalue weighted by Gasteiger charge is -2.13. The van der Waals surface area contributed by atoms with Gasteiger partial charge < -0.3 is 5.73 Å². The minimum absolute atomic E-state index is 0.253. The predicted octanol–water partition coefficient (Wildman–Crippen LogP) is 2.82. The third-order valence-electron chi connectivity index (χ3n) is 4.12. The molecule has 0 aliphatic heterocycles. The lowest BCUT2D eigenvalue weighted by Crippen LogP contribution is -2.42. The fourth-order valence-electron chi connectivity index (χ4n) is 2.97. The van der Waals surface area contributed by atoms with Crippen LogP contribution in [0.25, 0.3) is 21.3 Å². The minimum atomic E-state index is -0.987. The van der Waals surface area contributed by atoms with E-state index in [0.29, 0.717) is 15.2 Å². The molecule has 0 bridgehead atoms. The number of aromatic nitrogens is 2. The Hall–Kier alpha value is -2.38. The van der Waals surface area contributed by atoms with E-state index in [1.54, 1.807) is 19.1 Å². The van der Waals surface area contributed by atoms with Crippen LogP contribution < -0.4 is 17.0 Å². The Morgan fingerprint density at radius 2 is 1.96 bits per heavy atom. The summed E-state index contributed by atoms with van der Waals surface area (Å²) in [6, 6.07) is 6.12. The lowest BCUT2D eigenvalue weighted by atomic mass is 10.0. The molecule has 0 aliphatic rings. The zero-order valence-corrected chi connectivity index (χ0v) is 15.2. The number of nitrogens with one attached hydrogen (secondary N) is 1. The number of hydrogen-bond donors (Lipinski definition) is 2. The third kappa shape index (κ3) is 2.89. The summed E-state index contributed by atoms with van der Waals surface area (Å²) in [5.41, 5.74) is 5.76. The highest BCUT2D eigenvalue weighted by Gasteiger charge is 2.24. The van der Waals surface area contributed by atoms with Gasteiger partial charge >= 0.3 is 5.69 Å². The molecule has 0 saturated heterocycles. The Balaban J connectivity index is 2.39. The second-order valence-electron chi connectivity index (χ2n) is 5.68. The summed E-state index contributed by atoms with van der Waals surface area (Å²) in [5, 5.41) is 0.968. The summed E-state index contributed by atoms with van der Waals surface area (Å²) in [5.74, 6) is -0.713. The number of hydrogen-bond acceptors (Lipinski definition) is 4. The van der Waals surface area contributed by atoms with Gasteiger partial charge in [-0.2, -0.15) is 0 Å². The summed E-state index contributed by atoms with van der Waals surface area (Å²) in [4.78, 5) is 41.1. The number of nitrogens with zero attached hydrogens (tertiary/aromatic N) is 1. The van der Waals surface area contributed by atoms with Gasteiger partial charge in [-0.15, -0.1) is 11.3 Å². The molecule has 0 fully saturated rings. The molecular formula is C17H16ClN3O3S. The van der Waals surface area contributed by atoms with E-state index >= 15 is 0 Å². The van der Waals surface area contributed by atoms with Crippen LogP contribution in [0.3, 0.4) is 0 Å². The number of thiophene rings is 1. The number of nitrogens with two attached hydrogens (primary N) is 1. The number of aryl methyl sites for hydroxylation is 1. The van der Waals surface area contributed by atoms with E-state index in [2.05, 4.69) is 4.98 Å². The van der Waals surface area contributed by atoms with Crippen molar-refractivity contribution in [2.75, 3.05) is 0 Å². The molecule has 2 aromatic heterocycles. The monoisotopic (exact) mass is 377 g/mol. The molecule has 3 N–H and O–H groups in total. The van der Waals surface area contributed by atoms with Gasteiger partial charge in [-0.1, -0.05) is 30.7 Å². The van der Waals surface area contributed by atoms with Crippen molar-refractivity contribution in [1.82, 2.24) is 9.55 Å². The molecule has 8 heteroatoms. The number of primary amides is 1. The Bertz CT molecular complexity index is 1080. The standard InChI is InChI=1S/C17H16ClN3O3S/c1-3-11(14(19)22)21-16(23)13-12(9-4-6-10(18)7-5-9)8(2)25-15(13)20-17(21)24/h4-7,11H,3H2,1-2H3,(H2,19,22)(H,20,24). The maximum absolute atomic E-state index is 13.0. The minimum Gasteiger partial charge on any atom is -0.368 e. The number of rotatable bonds is 4. The van der Waals surface area contributed by atoms with E-state index in [0.717, 1.165) is 20.6 Å². The summed E-state index contributed by atoms with van der Waals surface area (Å²) in [7, 11) is 0. The van der Waals surface area contributed by atoms with Crippen molar-refractivity contribution in [1.29, 1.82) is 0 Å². The molecule has 1 amide bonds. The molecule has 0 radical (unpaired) electrons. The van der Waals surface area contributed by atoms with Gasteiger partial charge in [0.2, 0.25) is 5.91 Å². The van der Waals surface area contributed by atoms with Gasteiger partial charge in [-0.05, 0) is 31.0 Å². The molecule has 6 nitrogen and oxygen atoms in total. The van der Waals surface area contributed by atoms with E-state index in [-0.39, 0.29) is 6.42 Å². The second-order valence-corrected chi connectivity index (χ2v) is 7.34. The van der Waals surface area contributed by atoms with Crippen LogP contribution in [0.5, 0.6) is 0 Å². The normalized spacial score (nSPS) is 12.4. The van der Waals surface area contributed by atoms with Crippen LogP contribution >= 0.6 is 22.9 Å². The molecule has 1 unspecified atom stereocenters. The SMILES string of the molecule is CCC(C(N)=O)n1c(=O)[nH]c2sc(C)c(-c3ccc(Cl)cc3)c2c1=O. The third-order valence-corrected chi connectivity index (χ3v) is 5.39. The second kappa shape index (κ2) is 6.50. The molecule has 0 aliphatic carbocycles. The van der Waals surface area contributed by atoms with E-state index < -0.39 is 23.2 Å². The number of amides is 1. The van der Waals surface area contributed by atoms with Gasteiger partial charge in [0.05, 0.1) is 5.39 Å². The first kappa shape index (κ1) is 17.4. The van der Waals surface area contributed by atoms with Gasteiger partial charge in [0.15, 0.2) is 0 Å². The summed E-state index contributed by atoms with van der Waals surface area (Å²) >= 11 is 7.27. The number of H-pyrrole nitrogens is 1. The molecule has 3 aromatic rings. The van der Waals surface area contributed by atoms with E-state index in [1.165, 1.54) is 11.3 Å². The van der Waals surface area contributed by atoms with Crippen molar-refractivity contribution in [2.24, 2.45) is 5.73 Å². The largest absolute Gasteiger partial charge is 0.368 e. The van der Waals surface area contributed by atoms with Gasteiger partial charge in [-0.3, -0.25) is 14.6 Å². The molecule has 0 spiro atoms. The first-order chi connectivity index (χ1) is 11.8. The molecule has 25 heavy (non-hydrogen) atoms. The Kier molecular flexibility index (Phi) is 4.53. The van der Waals surface area contributed by atoms with Crippen LogP contribution in [0.2, 0.25) is 5.02 Å². The van der Waals surface area contributed by atoms with Crippen molar-refractivity contribution in [3.8, 4) is 11.1 Å². The van der Waals surface area contributed by atoms with Crippen molar-refractivity contribution in [2.45, 2.75) is 26.3 Å². The summed E-state index contributed by atoms with van der Waals surface area (Å²) < 4.78 is 0.913. The highest BCUT2D eigenvalue weighted by molar-refractivity contribution is 7.19. The van der Waals surface area contributed by atoms with Gasteiger partial charge in [0.1, 0.15) is 10.9 Å². The van der Waals surface area contributed by atoms with E-state index in [4.69, 9.17) is 17.3 Å². The Morgan fingerprint density at radius 3 is 2.52 bits per heavy atom. The van der Waals surface area contributed by atoms with E-state index in [9.17, 15) is 14.4 Å². The van der Waals surface area contributed by atoms with Crippen LogP contribution in [0.15, 0.2) is 33.9 Å². The maximum Gasteiger partial charge on any atom is 0.330 e. The highest BCUT2D eigenvalue weighted by Crippen LogP contribution is 2.35. The van der Waals surface area contributed by atoms with Crippen molar-refractivity contribution in [3.63, 3.8) is 0 Å². The zero-order valence-electron chi connectivity index (χ0n) is 13.6. The molecule has 1 atom stereocenters. The Labute approximate surface area is 151 Å². The molecule has 1 aromatic carbocycles. The molecular weight excluding hydrogens is 362 g/mol. The topological polar surface area (TPSA) is 97.9 Å². The highest BCUT2D eigenvalue weighted by atomic mass is 35.5. The van der Waals surface area contributed by atoms with Gasteiger partial charge in [-0.25, -0.2) is 9.36 Å². The van der Waals surface area contributed by atoms with Crippen molar-refractivity contribution < 1.29 is 4.79 Å². The van der Waals surface area contributed by atoms with Crippen molar-refractivity contribution in [3.05, 3.63) is 55.0 Å². The first-order valence-corrected chi connectivity index (χ1v) is 8.87. The first-order valence-electron chi connectivity index (χ1n) is 7.68. The quantitative estimate of drug-likeness (QED) is 0.731. The lowest BCUT2D eigenvalue weighted by molar-refractivity contribution is -0.121. The smallest absolute Gasteiger partial charge is 0.330 e. The van der Waals surface area contributed by atoms with Crippen LogP contribution in [-0.4, -0.2) is 15.5 Å². The number of aromatic amines is 1. The van der Waals surface area contributed by atoms with Crippen molar-refractivity contribution >= 4 is 39.1 Å². The maximum atomic E-state index is 13.0. The number of fused-ring (bicyclic) bond motifs is 1. The van der Waals surface area contributed by atoms with Crippen LogP contribution in [-0.2, 0) is 4.79 Å². The fraction of sp³-hybridized carbons (Fsp3) is 0.235. The van der Waals surface area contributed by atoms with Crippen LogP contribution in [0, 0.1) is 6.92 Å². The summed E-state index contributed by atoms with van der Waals surface area (Å²) in [6.07, 6.45) is 0.253. The average Bonchev–Trinajstić information content (AvgIpc) is 2.88. The van der Waals surface area contributed by atoms with E-state index in [1.807, 2.05) is 19.1 Å². The van der Waals surface area contributed by atoms with Crippen LogP contribution in [0.1, 0.15) is 24.3 Å². The number of carbonyl (C=O) groups excluding carboxylic acids is 1. The molecule has 3 rings (SSSR count). The molecule has 2 heterocycles. The fourth-order valence-corrected chi connectivity index (χ4v) is 4.15. The predicted molar refractivity (Wildman–Crippen MR) is 100 cm³/mol. The zero-order chi connectivity index (χ0) is 18.3. The number of halogens is 1. The number of benzene rings is 1. The average molecular weight is 378 g/mol. The molecule has 130 valence electrons. The van der Waals surface area contributed by atoms with Gasteiger partial charge in [0, 0.05) is 15.5 Å². The number of carbonyl (C=O) groups is 1. The Morgan fingerprint density at radius 1 is 1.32 bits per heavy atom. The molecule has 0 saturated carbocycles. The van der Waals surface area contributed by atoms with Crippen LogP contribution in [0.4, 0.5) is 0 Å².